The maximum Gasteiger partial charge on any atom is 0.154 e. The summed E-state index contributed by atoms with van der Waals surface area (Å²) in [4.78, 5) is 13.2. The van der Waals surface area contributed by atoms with Gasteiger partial charge >= 0.3 is 0 Å². The average Bonchev–Trinajstić information content (AvgIpc) is 3.76. The van der Waals surface area contributed by atoms with Crippen LogP contribution in [0.4, 0.5) is 0 Å². The van der Waals surface area contributed by atoms with E-state index in [4.69, 9.17) is 0 Å². The molecule has 8 aromatic rings. The van der Waals surface area contributed by atoms with E-state index in [0.717, 1.165) is 27.0 Å². The van der Waals surface area contributed by atoms with Gasteiger partial charge in [-0.3, -0.25) is 4.98 Å². The van der Waals surface area contributed by atoms with Gasteiger partial charge in [0.2, 0.25) is 0 Å². The zero-order chi connectivity index (χ0) is 24.4. The quantitative estimate of drug-likeness (QED) is 0.294. The maximum atomic E-state index is 4.10. The molecular formula is C26H21N9S. The summed E-state index contributed by atoms with van der Waals surface area (Å²) in [6.07, 6.45) is 16.1. The summed E-state index contributed by atoms with van der Waals surface area (Å²) in [7, 11) is 0. The summed E-state index contributed by atoms with van der Waals surface area (Å²) in [5, 5.41) is 14.1. The van der Waals surface area contributed by atoms with Crippen LogP contribution in [0.15, 0.2) is 128 Å². The normalized spacial score (nSPS) is 10.2. The van der Waals surface area contributed by atoms with Crippen LogP contribution >= 0.6 is 11.3 Å². The molecule has 8 aromatic heterocycles. The van der Waals surface area contributed by atoms with Gasteiger partial charge in [-0.05, 0) is 66.0 Å². The molecule has 8 rings (SSSR count). The van der Waals surface area contributed by atoms with Gasteiger partial charge in [-0.2, -0.15) is 15.3 Å². The van der Waals surface area contributed by atoms with E-state index in [1.165, 1.54) is 0 Å². The van der Waals surface area contributed by atoms with E-state index in [1.807, 2.05) is 99.7 Å². The first kappa shape index (κ1) is 22.8. The van der Waals surface area contributed by atoms with E-state index < -0.39 is 0 Å². The molecule has 0 aliphatic rings. The number of aromatic nitrogens is 9. The molecule has 0 atom stereocenters. The Labute approximate surface area is 210 Å². The summed E-state index contributed by atoms with van der Waals surface area (Å²) >= 11 is 1.61. The predicted octanol–water partition coefficient (Wildman–Crippen LogP) is 5.09. The molecule has 0 aliphatic heterocycles. The molecule has 0 aromatic carbocycles. The molecule has 0 N–H and O–H groups in total. The Balaban J connectivity index is 0.0000000988. The number of fused-ring (bicyclic) bond motifs is 4. The Hall–Kier alpha value is -4.96. The smallest absolute Gasteiger partial charge is 0.154 e. The first-order valence-corrected chi connectivity index (χ1v) is 11.9. The van der Waals surface area contributed by atoms with Crippen molar-refractivity contribution in [2.45, 2.75) is 0 Å². The number of rotatable bonds is 0. The lowest BCUT2D eigenvalue weighted by Crippen LogP contribution is -1.85. The van der Waals surface area contributed by atoms with E-state index in [0.29, 0.717) is 0 Å². The third-order valence-electron chi connectivity index (χ3n) is 4.87. The molecule has 0 radical (unpaired) electrons. The lowest BCUT2D eigenvalue weighted by Gasteiger charge is -1.87. The Bertz CT molecular complexity index is 1400. The van der Waals surface area contributed by atoms with Crippen molar-refractivity contribution in [1.29, 1.82) is 0 Å². The first-order chi connectivity index (χ1) is 17.9. The number of hydrogen-bond acceptors (Lipinski definition) is 7. The van der Waals surface area contributed by atoms with Gasteiger partial charge < -0.3 is 0 Å². The lowest BCUT2D eigenvalue weighted by molar-refractivity contribution is 0.939. The van der Waals surface area contributed by atoms with Crippen molar-refractivity contribution < 1.29 is 0 Å². The van der Waals surface area contributed by atoms with Crippen molar-refractivity contribution >= 4 is 38.4 Å². The van der Waals surface area contributed by atoms with Crippen LogP contribution in [0.5, 0.6) is 0 Å². The Morgan fingerprint density at radius 2 is 1.14 bits per heavy atom. The molecule has 0 saturated carbocycles. The zero-order valence-electron chi connectivity index (χ0n) is 19.1. The summed E-state index contributed by atoms with van der Waals surface area (Å²) in [6.45, 7) is 0. The van der Waals surface area contributed by atoms with Crippen molar-refractivity contribution in [1.82, 2.24) is 43.8 Å². The van der Waals surface area contributed by atoms with Gasteiger partial charge in [0.25, 0.3) is 0 Å². The molecule has 0 bridgehead atoms. The van der Waals surface area contributed by atoms with Gasteiger partial charge in [0.15, 0.2) is 5.65 Å². The molecule has 0 amide bonds. The molecule has 36 heavy (non-hydrogen) atoms. The van der Waals surface area contributed by atoms with Crippen LogP contribution in [0.25, 0.3) is 27.0 Å². The molecule has 0 fully saturated rings. The van der Waals surface area contributed by atoms with Crippen molar-refractivity contribution in [3.8, 4) is 0 Å². The summed E-state index contributed by atoms with van der Waals surface area (Å²) in [5.74, 6) is 0. The third kappa shape index (κ3) is 5.75. The fourth-order valence-electron chi connectivity index (χ4n) is 3.22. The van der Waals surface area contributed by atoms with E-state index in [-0.39, 0.29) is 0 Å². The highest BCUT2D eigenvalue weighted by molar-refractivity contribution is 7.16. The monoisotopic (exact) mass is 491 g/mol. The SMILES string of the molecule is c1cnc2ccnn2c1.c1cnc2sccc2n1.c1cnn2cccc2c1.c1cnn2cccc2c1. The second-order valence-corrected chi connectivity index (χ2v) is 8.12. The molecule has 0 saturated heterocycles. The first-order valence-electron chi connectivity index (χ1n) is 11.0. The molecule has 176 valence electrons. The molecule has 10 heteroatoms. The Morgan fingerprint density at radius 1 is 0.500 bits per heavy atom. The average molecular weight is 492 g/mol. The van der Waals surface area contributed by atoms with Gasteiger partial charge in [-0.25, -0.2) is 23.5 Å². The number of nitrogens with zero attached hydrogens (tertiary/aromatic N) is 9. The minimum Gasteiger partial charge on any atom is -0.252 e. The largest absolute Gasteiger partial charge is 0.252 e. The van der Waals surface area contributed by atoms with E-state index in [2.05, 4.69) is 30.2 Å². The highest BCUT2D eigenvalue weighted by Crippen LogP contribution is 2.13. The predicted molar refractivity (Wildman–Crippen MR) is 141 cm³/mol. The van der Waals surface area contributed by atoms with Crippen molar-refractivity contribution in [3.63, 3.8) is 0 Å². The fourth-order valence-corrected chi connectivity index (χ4v) is 3.91. The van der Waals surface area contributed by atoms with Gasteiger partial charge in [0.1, 0.15) is 4.83 Å². The van der Waals surface area contributed by atoms with Crippen molar-refractivity contribution in [2.24, 2.45) is 0 Å². The van der Waals surface area contributed by atoms with Crippen LogP contribution in [-0.4, -0.2) is 43.8 Å². The molecule has 0 spiro atoms. The fraction of sp³-hybridized carbons (Fsp3) is 0. The maximum absolute atomic E-state index is 4.10. The second-order valence-electron chi connectivity index (χ2n) is 7.22. The molecular weight excluding hydrogens is 470 g/mol. The highest BCUT2D eigenvalue weighted by Gasteiger charge is 1.91. The van der Waals surface area contributed by atoms with Crippen molar-refractivity contribution in [2.75, 3.05) is 0 Å². The van der Waals surface area contributed by atoms with Gasteiger partial charge in [0, 0.05) is 55.6 Å². The van der Waals surface area contributed by atoms with E-state index >= 15 is 0 Å². The van der Waals surface area contributed by atoms with Gasteiger partial charge in [0.05, 0.1) is 22.7 Å². The Morgan fingerprint density at radius 3 is 1.81 bits per heavy atom. The number of thiophene rings is 1. The van der Waals surface area contributed by atoms with Crippen LogP contribution in [0.2, 0.25) is 0 Å². The third-order valence-corrected chi connectivity index (χ3v) is 5.68. The molecule has 0 aliphatic carbocycles. The van der Waals surface area contributed by atoms with Gasteiger partial charge in [-0.1, -0.05) is 0 Å². The summed E-state index contributed by atoms with van der Waals surface area (Å²) in [6, 6.07) is 21.6. The summed E-state index contributed by atoms with van der Waals surface area (Å²) < 4.78 is 5.39. The molecule has 9 nitrogen and oxygen atoms in total. The van der Waals surface area contributed by atoms with Crippen LogP contribution in [0.1, 0.15) is 0 Å². The van der Waals surface area contributed by atoms with Crippen LogP contribution in [0, 0.1) is 0 Å². The van der Waals surface area contributed by atoms with Crippen LogP contribution in [0.3, 0.4) is 0 Å². The zero-order valence-corrected chi connectivity index (χ0v) is 19.9. The minimum atomic E-state index is 0.887. The van der Waals surface area contributed by atoms with E-state index in [1.54, 1.807) is 53.0 Å². The van der Waals surface area contributed by atoms with Crippen molar-refractivity contribution in [3.05, 3.63) is 128 Å². The van der Waals surface area contributed by atoms with Crippen LogP contribution in [-0.2, 0) is 0 Å². The lowest BCUT2D eigenvalue weighted by atomic mass is 10.5. The van der Waals surface area contributed by atoms with Crippen LogP contribution < -0.4 is 0 Å². The van der Waals surface area contributed by atoms with E-state index in [9.17, 15) is 0 Å². The Kier molecular flexibility index (Phi) is 7.26. The summed E-state index contributed by atoms with van der Waals surface area (Å²) in [5.41, 5.74) is 4.15. The number of hydrogen-bond donors (Lipinski definition) is 0. The second kappa shape index (κ2) is 11.4. The standard InChI is InChI=1S/2C7H6N2.C6H5N3.C6H4N2S/c2*1-3-7-4-2-6-9(7)8-5-1;1-3-7-6-2-4-8-9(6)5-1;1-4-9-6-5(1)7-2-3-8-6/h2*1-6H;1-5H;1-4H. The molecule has 8 heterocycles. The minimum absolute atomic E-state index is 0.887. The molecule has 0 unspecified atom stereocenters. The highest BCUT2D eigenvalue weighted by atomic mass is 32.1. The topological polar surface area (TPSA) is 90.6 Å². The van der Waals surface area contributed by atoms with Gasteiger partial charge in [-0.15, -0.1) is 11.3 Å².